The minimum Gasteiger partial charge on any atom is -0.462 e. The summed E-state index contributed by atoms with van der Waals surface area (Å²) in [7, 11) is 0. The van der Waals surface area contributed by atoms with E-state index in [-0.39, 0.29) is 32.0 Å². The van der Waals surface area contributed by atoms with Crippen LogP contribution in [0.15, 0.2) is 60.8 Å². The first-order valence-corrected chi connectivity index (χ1v) is 22.4. The lowest BCUT2D eigenvalue weighted by molar-refractivity contribution is -0.305. The Hall–Kier alpha value is -2.60. The van der Waals surface area contributed by atoms with Crippen LogP contribution in [0.1, 0.15) is 168 Å². The van der Waals surface area contributed by atoms with E-state index in [2.05, 4.69) is 44.2 Å². The average Bonchev–Trinajstić information content (AvgIpc) is 3.21. The van der Waals surface area contributed by atoms with Gasteiger partial charge in [-0.15, -0.1) is 0 Å². The average molecular weight is 805 g/mol. The fraction of sp³-hybridized carbons (Fsp3) is 0.745. The van der Waals surface area contributed by atoms with Gasteiger partial charge < -0.3 is 39.4 Å². The fourth-order valence-electron chi connectivity index (χ4n) is 6.43. The van der Waals surface area contributed by atoms with Crippen LogP contribution in [0, 0.1) is 0 Å². The first-order valence-electron chi connectivity index (χ1n) is 22.4. The first-order chi connectivity index (χ1) is 27.8. The topological polar surface area (TPSA) is 152 Å². The highest BCUT2D eigenvalue weighted by Crippen LogP contribution is 2.22. The molecule has 0 amide bonds. The molecule has 1 fully saturated rings. The second-order valence-corrected chi connectivity index (χ2v) is 15.2. The second-order valence-electron chi connectivity index (χ2n) is 15.2. The highest BCUT2D eigenvalue weighted by Gasteiger charge is 2.44. The molecule has 0 aliphatic carbocycles. The Morgan fingerprint density at radius 1 is 0.561 bits per heavy atom. The van der Waals surface area contributed by atoms with Crippen molar-refractivity contribution >= 4 is 11.9 Å². The van der Waals surface area contributed by atoms with Crippen LogP contribution < -0.4 is 0 Å². The normalized spacial score (nSPS) is 20.8. The zero-order valence-electron chi connectivity index (χ0n) is 35.6. The van der Waals surface area contributed by atoms with Crippen LogP contribution in [0.3, 0.4) is 0 Å². The number of aliphatic hydroxyl groups excluding tert-OH is 4. The van der Waals surface area contributed by atoms with Crippen LogP contribution >= 0.6 is 0 Å². The quantitative estimate of drug-likeness (QED) is 0.0209. The number of carbonyl (C=O) groups excluding carboxylic acids is 2. The highest BCUT2D eigenvalue weighted by molar-refractivity contribution is 5.70. The maximum atomic E-state index is 12.8. The van der Waals surface area contributed by atoms with E-state index in [4.69, 9.17) is 18.9 Å². The lowest BCUT2D eigenvalue weighted by Gasteiger charge is -2.39. The molecule has 4 N–H and O–H groups in total. The molecule has 1 saturated heterocycles. The van der Waals surface area contributed by atoms with Crippen LogP contribution in [0.2, 0.25) is 0 Å². The van der Waals surface area contributed by atoms with Gasteiger partial charge in [0.05, 0.1) is 13.2 Å². The van der Waals surface area contributed by atoms with Crippen LogP contribution in [0.5, 0.6) is 0 Å². The van der Waals surface area contributed by atoms with E-state index in [0.717, 1.165) is 64.2 Å². The molecular formula is C47H80O10. The zero-order chi connectivity index (χ0) is 41.6. The van der Waals surface area contributed by atoms with Crippen molar-refractivity contribution in [2.75, 3.05) is 19.8 Å². The molecule has 57 heavy (non-hydrogen) atoms. The third-order valence-corrected chi connectivity index (χ3v) is 9.98. The zero-order valence-corrected chi connectivity index (χ0v) is 35.6. The number of aliphatic hydroxyl groups is 4. The Labute approximate surface area is 345 Å². The van der Waals surface area contributed by atoms with Gasteiger partial charge in [-0.25, -0.2) is 0 Å². The van der Waals surface area contributed by atoms with Gasteiger partial charge in [-0.2, -0.15) is 0 Å². The summed E-state index contributed by atoms with van der Waals surface area (Å²) >= 11 is 0. The van der Waals surface area contributed by atoms with E-state index >= 15 is 0 Å². The van der Waals surface area contributed by atoms with Gasteiger partial charge in [-0.05, 0) is 57.8 Å². The largest absolute Gasteiger partial charge is 0.462 e. The van der Waals surface area contributed by atoms with Crippen molar-refractivity contribution in [3.63, 3.8) is 0 Å². The molecule has 0 bridgehead atoms. The molecule has 0 aromatic carbocycles. The van der Waals surface area contributed by atoms with Gasteiger partial charge in [-0.1, -0.05) is 158 Å². The lowest BCUT2D eigenvalue weighted by Crippen LogP contribution is -2.59. The molecule has 1 aliphatic heterocycles. The van der Waals surface area contributed by atoms with Gasteiger partial charge in [0.15, 0.2) is 12.4 Å². The number of esters is 2. The van der Waals surface area contributed by atoms with Crippen LogP contribution in [0.25, 0.3) is 0 Å². The molecule has 1 heterocycles. The molecule has 328 valence electrons. The van der Waals surface area contributed by atoms with E-state index in [0.29, 0.717) is 6.42 Å². The number of unbranched alkanes of at least 4 members (excludes halogenated alkanes) is 18. The monoisotopic (exact) mass is 805 g/mol. The third kappa shape index (κ3) is 29.3. The standard InChI is InChI=1S/C47H80O10/c1-3-5-7-9-11-13-15-17-19-20-22-23-25-27-29-31-33-35-42(49)54-38-40(39-55-47-46(53)45(52)44(51)41(37-48)57-47)56-43(50)36-34-32-30-28-26-24-21-18-16-14-12-10-8-6-4-2/h6,8,10,12-16,18,21,40-41,44-48,51-53H,3-5,7,9,11,17,19-20,22-39H2,1-2H3/b8-6+,12-10+,15-13+,16-14+,21-18+/t40-,41-,44+,45?,46?,47-/m0/s1. The van der Waals surface area contributed by atoms with Crippen molar-refractivity contribution in [3.8, 4) is 0 Å². The van der Waals surface area contributed by atoms with Crippen molar-refractivity contribution in [3.05, 3.63) is 60.8 Å². The molecule has 10 heteroatoms. The Balaban J connectivity index is 2.34. The summed E-state index contributed by atoms with van der Waals surface area (Å²) in [5.74, 6) is -0.839. The predicted octanol–water partition coefficient (Wildman–Crippen LogP) is 9.44. The molecule has 0 aromatic rings. The number of hydrogen-bond acceptors (Lipinski definition) is 10. The maximum absolute atomic E-state index is 12.8. The smallest absolute Gasteiger partial charge is 0.306 e. The summed E-state index contributed by atoms with van der Waals surface area (Å²) in [6.07, 6.45) is 37.9. The molecular weight excluding hydrogens is 725 g/mol. The Bertz CT molecular complexity index is 1110. The number of ether oxygens (including phenoxy) is 4. The SMILES string of the molecule is CC/C=C/C=C/C=C/C=C/CCCCCCCC(=O)O[C@@H](COC(=O)CCCCCCCCCCC/C=C/CCCCCC)CO[C@H]1O[C@@H](CO)[C@@H](O)C(O)C1O. The van der Waals surface area contributed by atoms with Crippen LogP contribution in [-0.4, -0.2) is 89.0 Å². The molecule has 1 aliphatic rings. The summed E-state index contributed by atoms with van der Waals surface area (Å²) in [5, 5.41) is 40.1. The number of hydrogen-bond donors (Lipinski definition) is 4. The van der Waals surface area contributed by atoms with E-state index in [1.807, 2.05) is 30.4 Å². The van der Waals surface area contributed by atoms with Gasteiger partial charge in [0.1, 0.15) is 31.0 Å². The van der Waals surface area contributed by atoms with Crippen molar-refractivity contribution < 1.29 is 49.0 Å². The van der Waals surface area contributed by atoms with Crippen molar-refractivity contribution in [2.24, 2.45) is 0 Å². The molecule has 0 spiro atoms. The second kappa shape index (κ2) is 37.7. The Morgan fingerprint density at radius 2 is 1.05 bits per heavy atom. The fourth-order valence-corrected chi connectivity index (χ4v) is 6.43. The van der Waals surface area contributed by atoms with E-state index in [9.17, 15) is 30.0 Å². The van der Waals surface area contributed by atoms with Crippen molar-refractivity contribution in [1.29, 1.82) is 0 Å². The highest BCUT2D eigenvalue weighted by atomic mass is 16.7. The molecule has 0 aromatic heterocycles. The van der Waals surface area contributed by atoms with Crippen molar-refractivity contribution in [1.82, 2.24) is 0 Å². The van der Waals surface area contributed by atoms with Crippen LogP contribution in [0.4, 0.5) is 0 Å². The molecule has 2 unspecified atom stereocenters. The molecule has 1 rings (SSSR count). The number of carbonyl (C=O) groups is 2. The van der Waals surface area contributed by atoms with E-state index in [1.54, 1.807) is 0 Å². The third-order valence-electron chi connectivity index (χ3n) is 9.98. The Morgan fingerprint density at radius 3 is 1.61 bits per heavy atom. The van der Waals surface area contributed by atoms with Gasteiger partial charge in [0, 0.05) is 12.8 Å². The molecule has 6 atom stereocenters. The van der Waals surface area contributed by atoms with Gasteiger partial charge in [0.2, 0.25) is 0 Å². The minimum absolute atomic E-state index is 0.201. The summed E-state index contributed by atoms with van der Waals surface area (Å²) < 4.78 is 22.1. The van der Waals surface area contributed by atoms with Crippen molar-refractivity contribution in [2.45, 2.75) is 205 Å². The maximum Gasteiger partial charge on any atom is 0.306 e. The summed E-state index contributed by atoms with van der Waals surface area (Å²) in [6, 6.07) is 0. The molecule has 0 saturated carbocycles. The summed E-state index contributed by atoms with van der Waals surface area (Å²) in [5.41, 5.74) is 0. The first kappa shape index (κ1) is 52.4. The van der Waals surface area contributed by atoms with Gasteiger partial charge in [0.25, 0.3) is 0 Å². The summed E-state index contributed by atoms with van der Waals surface area (Å²) in [4.78, 5) is 25.3. The predicted molar refractivity (Wildman–Crippen MR) is 228 cm³/mol. The number of allylic oxidation sites excluding steroid dienone is 10. The minimum atomic E-state index is -1.60. The van der Waals surface area contributed by atoms with E-state index < -0.39 is 49.4 Å². The van der Waals surface area contributed by atoms with E-state index in [1.165, 1.54) is 70.6 Å². The van der Waals surface area contributed by atoms with Gasteiger partial charge in [-0.3, -0.25) is 9.59 Å². The summed E-state index contributed by atoms with van der Waals surface area (Å²) in [6.45, 7) is 3.24. The number of rotatable bonds is 36. The van der Waals surface area contributed by atoms with Crippen LogP contribution in [-0.2, 0) is 28.5 Å². The van der Waals surface area contributed by atoms with Gasteiger partial charge >= 0.3 is 11.9 Å². The molecule has 0 radical (unpaired) electrons. The Kier molecular flexibility index (Phi) is 34.6. The lowest BCUT2D eigenvalue weighted by atomic mass is 9.99. The molecule has 10 nitrogen and oxygen atoms in total.